The van der Waals surface area contributed by atoms with Gasteiger partial charge in [-0.15, -0.1) is 24.8 Å². The van der Waals surface area contributed by atoms with Gasteiger partial charge in [-0.05, 0) is 56.8 Å². The van der Waals surface area contributed by atoms with Crippen LogP contribution in [0.2, 0.25) is 0 Å². The molecule has 2 aliphatic heterocycles. The maximum atomic E-state index is 13.0. The topological polar surface area (TPSA) is 35.6 Å². The summed E-state index contributed by atoms with van der Waals surface area (Å²) in [6, 6.07) is 10.6. The average molecular weight is 402 g/mol. The van der Waals surface area contributed by atoms with Crippen molar-refractivity contribution in [3.8, 4) is 0 Å². The molecule has 0 radical (unpaired) electrons. The van der Waals surface area contributed by atoms with Crippen LogP contribution in [0.25, 0.3) is 0 Å². The fourth-order valence-electron chi connectivity index (χ4n) is 4.03. The van der Waals surface area contributed by atoms with E-state index < -0.39 is 0 Å². The highest BCUT2D eigenvalue weighted by molar-refractivity contribution is 5.85. The number of nitrogens with one attached hydrogen (secondary N) is 1. The molecule has 6 heteroatoms. The van der Waals surface area contributed by atoms with Crippen LogP contribution in [-0.4, -0.2) is 54.5 Å². The number of likely N-dealkylation sites (tertiary alicyclic amines) is 2. The highest BCUT2D eigenvalue weighted by atomic mass is 35.5. The molecular weight excluding hydrogens is 369 g/mol. The summed E-state index contributed by atoms with van der Waals surface area (Å²) >= 11 is 0. The van der Waals surface area contributed by atoms with Crippen molar-refractivity contribution in [1.29, 1.82) is 0 Å². The highest BCUT2D eigenvalue weighted by Crippen LogP contribution is 2.24. The molecule has 2 fully saturated rings. The van der Waals surface area contributed by atoms with Gasteiger partial charge in [0.25, 0.3) is 0 Å². The molecule has 1 amide bonds. The average Bonchev–Trinajstić information content (AvgIpc) is 3.09. The first-order valence-electron chi connectivity index (χ1n) is 9.55. The quantitative estimate of drug-likeness (QED) is 0.793. The van der Waals surface area contributed by atoms with Gasteiger partial charge in [-0.25, -0.2) is 0 Å². The highest BCUT2D eigenvalue weighted by Gasteiger charge is 2.34. The Labute approximate surface area is 170 Å². The van der Waals surface area contributed by atoms with Gasteiger partial charge < -0.3 is 10.2 Å². The van der Waals surface area contributed by atoms with E-state index in [-0.39, 0.29) is 30.9 Å². The summed E-state index contributed by atoms with van der Waals surface area (Å²) in [4.78, 5) is 17.5. The van der Waals surface area contributed by atoms with E-state index in [1.807, 2.05) is 6.07 Å². The van der Waals surface area contributed by atoms with Gasteiger partial charge >= 0.3 is 0 Å². The minimum Gasteiger partial charge on any atom is -0.341 e. The predicted molar refractivity (Wildman–Crippen MR) is 112 cm³/mol. The smallest absolute Gasteiger partial charge is 0.239 e. The van der Waals surface area contributed by atoms with Crippen LogP contribution >= 0.6 is 24.8 Å². The van der Waals surface area contributed by atoms with Crippen LogP contribution in [0.15, 0.2) is 30.3 Å². The monoisotopic (exact) mass is 401 g/mol. The van der Waals surface area contributed by atoms with E-state index in [2.05, 4.69) is 46.3 Å². The van der Waals surface area contributed by atoms with Crippen LogP contribution in [0.1, 0.15) is 38.2 Å². The fraction of sp³-hybridized carbons (Fsp3) is 0.650. The van der Waals surface area contributed by atoms with E-state index in [4.69, 9.17) is 0 Å². The molecule has 26 heavy (non-hydrogen) atoms. The molecule has 148 valence electrons. The van der Waals surface area contributed by atoms with Crippen molar-refractivity contribution in [2.24, 2.45) is 5.92 Å². The second kappa shape index (κ2) is 11.8. The number of benzene rings is 1. The van der Waals surface area contributed by atoms with Gasteiger partial charge in [0.2, 0.25) is 5.91 Å². The number of nitrogens with zero attached hydrogens (tertiary/aromatic N) is 2. The Kier molecular flexibility index (Phi) is 10.6. The van der Waals surface area contributed by atoms with Crippen LogP contribution in [0.4, 0.5) is 0 Å². The lowest BCUT2D eigenvalue weighted by Gasteiger charge is -2.35. The molecule has 0 aliphatic carbocycles. The van der Waals surface area contributed by atoms with E-state index in [1.165, 1.54) is 5.56 Å². The Morgan fingerprint density at radius 3 is 2.42 bits per heavy atom. The van der Waals surface area contributed by atoms with Crippen LogP contribution in [-0.2, 0) is 11.3 Å². The van der Waals surface area contributed by atoms with E-state index in [0.29, 0.717) is 5.91 Å². The maximum Gasteiger partial charge on any atom is 0.239 e. The molecule has 1 aromatic rings. The van der Waals surface area contributed by atoms with Crippen molar-refractivity contribution < 1.29 is 4.79 Å². The Morgan fingerprint density at radius 2 is 1.77 bits per heavy atom. The summed E-state index contributed by atoms with van der Waals surface area (Å²) in [7, 11) is 0. The van der Waals surface area contributed by atoms with Gasteiger partial charge in [-0.2, -0.15) is 0 Å². The van der Waals surface area contributed by atoms with Gasteiger partial charge in [-0.3, -0.25) is 9.69 Å². The number of hydrogen-bond acceptors (Lipinski definition) is 3. The van der Waals surface area contributed by atoms with Crippen molar-refractivity contribution in [2.45, 2.75) is 45.2 Å². The molecule has 0 aromatic heterocycles. The first-order chi connectivity index (χ1) is 11.8. The van der Waals surface area contributed by atoms with Gasteiger partial charge in [0.15, 0.2) is 0 Å². The predicted octanol–water partition coefficient (Wildman–Crippen LogP) is 3.34. The van der Waals surface area contributed by atoms with Gasteiger partial charge in [0.05, 0.1) is 6.04 Å². The zero-order valence-electron chi connectivity index (χ0n) is 15.7. The summed E-state index contributed by atoms with van der Waals surface area (Å²) in [6.07, 6.45) is 4.44. The first kappa shape index (κ1) is 23.2. The third kappa shape index (κ3) is 6.12. The number of amides is 1. The second-order valence-corrected chi connectivity index (χ2v) is 7.19. The van der Waals surface area contributed by atoms with E-state index in [9.17, 15) is 4.79 Å². The van der Waals surface area contributed by atoms with Gasteiger partial charge in [0.1, 0.15) is 0 Å². The van der Waals surface area contributed by atoms with E-state index >= 15 is 0 Å². The number of carbonyl (C=O) groups is 1. The molecule has 1 atom stereocenters. The zero-order chi connectivity index (χ0) is 16.8. The number of piperidine rings is 1. The Bertz CT molecular complexity index is 521. The van der Waals surface area contributed by atoms with E-state index in [1.54, 1.807) is 0 Å². The lowest BCUT2D eigenvalue weighted by atomic mass is 9.96. The second-order valence-electron chi connectivity index (χ2n) is 7.19. The van der Waals surface area contributed by atoms with Crippen molar-refractivity contribution >= 4 is 30.7 Å². The summed E-state index contributed by atoms with van der Waals surface area (Å²) in [6.45, 7) is 8.10. The van der Waals surface area contributed by atoms with Crippen molar-refractivity contribution in [3.63, 3.8) is 0 Å². The molecule has 2 aliphatic rings. The first-order valence-corrected chi connectivity index (χ1v) is 9.55. The minimum atomic E-state index is 0. The summed E-state index contributed by atoms with van der Waals surface area (Å²) in [5, 5.41) is 3.44. The number of carbonyl (C=O) groups excluding carboxylic acids is 1. The van der Waals surface area contributed by atoms with Crippen LogP contribution in [0.5, 0.6) is 0 Å². The molecule has 1 aromatic carbocycles. The molecule has 0 saturated carbocycles. The molecule has 2 saturated heterocycles. The molecule has 1 unspecified atom stereocenters. The fourth-order valence-corrected chi connectivity index (χ4v) is 4.03. The largest absolute Gasteiger partial charge is 0.341 e. The summed E-state index contributed by atoms with van der Waals surface area (Å²) in [5.41, 5.74) is 1.31. The molecule has 4 nitrogen and oxygen atoms in total. The third-order valence-electron chi connectivity index (χ3n) is 5.49. The Morgan fingerprint density at radius 1 is 1.08 bits per heavy atom. The minimum absolute atomic E-state index is 0. The molecule has 1 N–H and O–H groups in total. The molecule has 3 rings (SSSR count). The van der Waals surface area contributed by atoms with Crippen LogP contribution in [0, 0.1) is 5.92 Å². The summed E-state index contributed by atoms with van der Waals surface area (Å²) < 4.78 is 0. The SMILES string of the molecule is CCNCC1CCN(C(=O)C2CCCN2Cc2ccccc2)CC1.Cl.Cl. The zero-order valence-corrected chi connectivity index (χ0v) is 17.4. The van der Waals surface area contributed by atoms with Crippen molar-refractivity contribution in [2.75, 3.05) is 32.7 Å². The van der Waals surface area contributed by atoms with Gasteiger partial charge in [-0.1, -0.05) is 37.3 Å². The van der Waals surface area contributed by atoms with Crippen molar-refractivity contribution in [3.05, 3.63) is 35.9 Å². The molecule has 0 spiro atoms. The Balaban J connectivity index is 0.00000169. The van der Waals surface area contributed by atoms with Crippen molar-refractivity contribution in [1.82, 2.24) is 15.1 Å². The number of hydrogen-bond donors (Lipinski definition) is 1. The Hall–Kier alpha value is -0.810. The lowest BCUT2D eigenvalue weighted by Crippen LogP contribution is -2.48. The maximum absolute atomic E-state index is 13.0. The normalized spacial score (nSPS) is 21.1. The molecule has 0 bridgehead atoms. The number of rotatable bonds is 6. The van der Waals surface area contributed by atoms with Crippen LogP contribution < -0.4 is 5.32 Å². The lowest BCUT2D eigenvalue weighted by molar-refractivity contribution is -0.137. The third-order valence-corrected chi connectivity index (χ3v) is 5.49. The molecule has 2 heterocycles. The summed E-state index contributed by atoms with van der Waals surface area (Å²) in [5.74, 6) is 1.10. The standard InChI is InChI=1S/C20H31N3O.2ClH/c1-2-21-15-17-10-13-22(14-11-17)20(24)19-9-6-12-23(19)16-18-7-4-3-5-8-18;;/h3-5,7-8,17,19,21H,2,6,9-16H2,1H3;2*1H. The van der Waals surface area contributed by atoms with Crippen LogP contribution in [0.3, 0.4) is 0 Å². The molecular formula is C20H33Cl2N3O. The number of halogens is 2. The van der Waals surface area contributed by atoms with Gasteiger partial charge in [0, 0.05) is 19.6 Å². The van der Waals surface area contributed by atoms with E-state index in [0.717, 1.165) is 70.9 Å².